The first kappa shape index (κ1) is 55.4. The van der Waals surface area contributed by atoms with E-state index in [0.717, 1.165) is 64.5 Å². The highest BCUT2D eigenvalue weighted by Crippen LogP contribution is 2.23. The number of rotatable bonds is 44. The van der Waals surface area contributed by atoms with Crippen molar-refractivity contribution in [1.29, 1.82) is 0 Å². The fraction of sp³-hybridized carbons (Fsp3) is 0.940. The molecular formula is C50H99N2O5+. The SMILES string of the molecule is CCCCCCCCCC(CCCCCCCCC)C(=O)OCCN(CCOC(=O)C(CCCCCCCCC)CCCCCCCCC)C(=O)C[NH+](CC)CC. The largest absolute Gasteiger partial charge is 0.464 e. The highest BCUT2D eigenvalue weighted by molar-refractivity contribution is 5.77. The van der Waals surface area contributed by atoms with Gasteiger partial charge in [-0.1, -0.05) is 207 Å². The second-order valence-corrected chi connectivity index (χ2v) is 17.4. The van der Waals surface area contributed by atoms with E-state index in [4.69, 9.17) is 9.47 Å². The standard InChI is InChI=1S/C50H98N2O5/c1-7-13-17-21-25-29-33-37-46(38-34-30-26-22-18-14-8-2)49(54)56-43-41-52(48(53)45-51(11-5)12-6)42-44-57-50(55)47(39-35-31-27-23-19-15-9-3)40-36-32-28-24-20-16-10-4/h46-47H,7-45H2,1-6H3/p+1. The van der Waals surface area contributed by atoms with E-state index in [2.05, 4.69) is 41.5 Å². The third-order valence-corrected chi connectivity index (χ3v) is 12.3. The van der Waals surface area contributed by atoms with E-state index in [9.17, 15) is 14.4 Å². The number of amides is 1. The lowest BCUT2D eigenvalue weighted by Crippen LogP contribution is -3.12. The number of hydrogen-bond donors (Lipinski definition) is 1. The smallest absolute Gasteiger partial charge is 0.308 e. The molecule has 1 N–H and O–H groups in total. The number of ether oxygens (including phenoxy) is 2. The molecule has 1 amide bonds. The van der Waals surface area contributed by atoms with Crippen LogP contribution in [0.15, 0.2) is 0 Å². The van der Waals surface area contributed by atoms with Gasteiger partial charge in [0.05, 0.1) is 38.0 Å². The molecule has 338 valence electrons. The minimum atomic E-state index is -0.0984. The molecule has 0 aliphatic carbocycles. The van der Waals surface area contributed by atoms with Gasteiger partial charge < -0.3 is 19.3 Å². The molecule has 0 atom stereocenters. The molecule has 0 bridgehead atoms. The minimum absolute atomic E-state index is 0.0335. The second-order valence-electron chi connectivity index (χ2n) is 17.4. The van der Waals surface area contributed by atoms with Crippen molar-refractivity contribution in [2.75, 3.05) is 45.9 Å². The molecule has 0 rings (SSSR count). The Bertz CT molecular complexity index is 800. The van der Waals surface area contributed by atoms with Crippen LogP contribution < -0.4 is 4.90 Å². The van der Waals surface area contributed by atoms with Gasteiger partial charge in [0, 0.05) is 0 Å². The van der Waals surface area contributed by atoms with Crippen molar-refractivity contribution in [2.24, 2.45) is 11.8 Å². The van der Waals surface area contributed by atoms with E-state index >= 15 is 0 Å². The first-order valence-electron chi connectivity index (χ1n) is 25.3. The van der Waals surface area contributed by atoms with Gasteiger partial charge in [0.15, 0.2) is 6.54 Å². The molecule has 7 nitrogen and oxygen atoms in total. The lowest BCUT2D eigenvalue weighted by molar-refractivity contribution is -0.888. The molecule has 0 aromatic rings. The maximum Gasteiger partial charge on any atom is 0.308 e. The molecule has 0 heterocycles. The van der Waals surface area contributed by atoms with Gasteiger partial charge in [-0.2, -0.15) is 0 Å². The summed E-state index contributed by atoms with van der Waals surface area (Å²) in [5, 5.41) is 0. The highest BCUT2D eigenvalue weighted by atomic mass is 16.5. The average Bonchev–Trinajstić information content (AvgIpc) is 3.21. The monoisotopic (exact) mass is 808 g/mol. The summed E-state index contributed by atoms with van der Waals surface area (Å²) in [4.78, 5) is 43.6. The van der Waals surface area contributed by atoms with Crippen molar-refractivity contribution in [1.82, 2.24) is 4.90 Å². The van der Waals surface area contributed by atoms with E-state index in [0.29, 0.717) is 19.6 Å². The third kappa shape index (κ3) is 33.9. The quantitative estimate of drug-likeness (QED) is 0.0490. The Kier molecular flexibility index (Phi) is 41.3. The fourth-order valence-corrected chi connectivity index (χ4v) is 8.09. The van der Waals surface area contributed by atoms with Gasteiger partial charge >= 0.3 is 11.9 Å². The predicted molar refractivity (Wildman–Crippen MR) is 243 cm³/mol. The summed E-state index contributed by atoms with van der Waals surface area (Å²) >= 11 is 0. The number of carbonyl (C=O) groups excluding carboxylic acids is 3. The van der Waals surface area contributed by atoms with Crippen LogP contribution in [0.2, 0.25) is 0 Å². The number of hydrogen-bond acceptors (Lipinski definition) is 5. The van der Waals surface area contributed by atoms with Crippen LogP contribution in [0.3, 0.4) is 0 Å². The number of likely N-dealkylation sites (N-methyl/N-ethyl adjacent to an activating group) is 1. The molecule has 0 spiro atoms. The number of carbonyl (C=O) groups is 3. The van der Waals surface area contributed by atoms with E-state index in [-0.39, 0.29) is 42.9 Å². The topological polar surface area (TPSA) is 77.3 Å². The highest BCUT2D eigenvalue weighted by Gasteiger charge is 2.24. The lowest BCUT2D eigenvalue weighted by atomic mass is 9.94. The van der Waals surface area contributed by atoms with Crippen molar-refractivity contribution < 1.29 is 28.8 Å². The molecule has 0 saturated carbocycles. The zero-order valence-corrected chi connectivity index (χ0v) is 39.2. The Morgan fingerprint density at radius 3 is 0.930 bits per heavy atom. The van der Waals surface area contributed by atoms with Crippen molar-refractivity contribution in [3.8, 4) is 0 Å². The number of nitrogens with one attached hydrogen (secondary N) is 1. The summed E-state index contributed by atoms with van der Waals surface area (Å²) < 4.78 is 11.9. The third-order valence-electron chi connectivity index (χ3n) is 12.3. The second kappa shape index (κ2) is 42.5. The average molecular weight is 808 g/mol. The minimum Gasteiger partial charge on any atom is -0.464 e. The van der Waals surface area contributed by atoms with Crippen LogP contribution in [0.5, 0.6) is 0 Å². The van der Waals surface area contributed by atoms with Crippen LogP contribution in [0, 0.1) is 11.8 Å². The van der Waals surface area contributed by atoms with E-state index < -0.39 is 0 Å². The van der Waals surface area contributed by atoms with Gasteiger partial charge in [-0.25, -0.2) is 0 Å². The molecular weight excluding hydrogens is 709 g/mol. The lowest BCUT2D eigenvalue weighted by Gasteiger charge is -2.25. The van der Waals surface area contributed by atoms with Crippen LogP contribution >= 0.6 is 0 Å². The van der Waals surface area contributed by atoms with Crippen molar-refractivity contribution in [2.45, 2.75) is 247 Å². The molecule has 0 radical (unpaired) electrons. The summed E-state index contributed by atoms with van der Waals surface area (Å²) in [7, 11) is 0. The van der Waals surface area contributed by atoms with Crippen LogP contribution in [-0.4, -0.2) is 68.7 Å². The molecule has 0 aliphatic rings. The van der Waals surface area contributed by atoms with Crippen LogP contribution in [0.25, 0.3) is 0 Å². The van der Waals surface area contributed by atoms with E-state index in [1.165, 1.54) is 159 Å². The number of unbranched alkanes of at least 4 members (excludes halogenated alkanes) is 24. The summed E-state index contributed by atoms with van der Waals surface area (Å²) in [5.41, 5.74) is 0. The Morgan fingerprint density at radius 1 is 0.404 bits per heavy atom. The van der Waals surface area contributed by atoms with Crippen molar-refractivity contribution >= 4 is 17.8 Å². The predicted octanol–water partition coefficient (Wildman–Crippen LogP) is 12.6. The van der Waals surface area contributed by atoms with Gasteiger partial charge in [0.25, 0.3) is 5.91 Å². The molecule has 0 aromatic carbocycles. The van der Waals surface area contributed by atoms with Gasteiger partial charge in [0.2, 0.25) is 0 Å². The van der Waals surface area contributed by atoms with Gasteiger partial charge in [0.1, 0.15) is 13.2 Å². The molecule has 0 aromatic heterocycles. The van der Waals surface area contributed by atoms with Crippen LogP contribution in [0.1, 0.15) is 247 Å². The maximum atomic E-state index is 13.6. The Hall–Kier alpha value is -1.63. The van der Waals surface area contributed by atoms with Gasteiger partial charge in [-0.3, -0.25) is 14.4 Å². The molecule has 0 saturated heterocycles. The Balaban J connectivity index is 5.32. The first-order chi connectivity index (χ1) is 27.9. The van der Waals surface area contributed by atoms with Crippen LogP contribution in [-0.2, 0) is 23.9 Å². The van der Waals surface area contributed by atoms with E-state index in [1.54, 1.807) is 4.90 Å². The molecule has 7 heteroatoms. The first-order valence-corrected chi connectivity index (χ1v) is 25.3. The maximum absolute atomic E-state index is 13.6. The molecule has 57 heavy (non-hydrogen) atoms. The number of esters is 2. The Labute approximate surface area is 355 Å². The normalized spacial score (nSPS) is 11.6. The fourth-order valence-electron chi connectivity index (χ4n) is 8.09. The van der Waals surface area contributed by atoms with Crippen LogP contribution in [0.4, 0.5) is 0 Å². The number of quaternary nitrogens is 1. The zero-order valence-electron chi connectivity index (χ0n) is 39.2. The summed E-state index contributed by atoms with van der Waals surface area (Å²) in [6.45, 7) is 16.4. The summed E-state index contributed by atoms with van der Waals surface area (Å²) in [5.74, 6) is -0.291. The van der Waals surface area contributed by atoms with Gasteiger partial charge in [-0.05, 0) is 39.5 Å². The zero-order chi connectivity index (χ0) is 42.0. The number of nitrogens with zero attached hydrogens (tertiary/aromatic N) is 1. The Morgan fingerprint density at radius 2 is 0.667 bits per heavy atom. The van der Waals surface area contributed by atoms with E-state index in [1.807, 2.05) is 0 Å². The molecule has 0 aliphatic heterocycles. The van der Waals surface area contributed by atoms with Crippen molar-refractivity contribution in [3.05, 3.63) is 0 Å². The summed E-state index contributed by atoms with van der Waals surface area (Å²) in [6.07, 6.45) is 38.2. The van der Waals surface area contributed by atoms with Crippen molar-refractivity contribution in [3.63, 3.8) is 0 Å². The molecule has 0 fully saturated rings. The molecule has 0 unspecified atom stereocenters. The summed E-state index contributed by atoms with van der Waals surface area (Å²) in [6, 6.07) is 0. The van der Waals surface area contributed by atoms with Gasteiger partial charge in [-0.15, -0.1) is 0 Å².